The van der Waals surface area contributed by atoms with Crippen LogP contribution in [0.1, 0.15) is 42.0 Å². The first kappa shape index (κ1) is 22.8. The summed E-state index contributed by atoms with van der Waals surface area (Å²) in [6, 6.07) is 16.6. The van der Waals surface area contributed by atoms with Crippen molar-refractivity contribution >= 4 is 29.0 Å². The zero-order chi connectivity index (χ0) is 23.3. The molecule has 1 aromatic carbocycles. The number of hydrogen-bond acceptors (Lipinski definition) is 8. The Bertz CT molecular complexity index is 1100. The summed E-state index contributed by atoms with van der Waals surface area (Å²) in [5.41, 5.74) is -0.238. The van der Waals surface area contributed by atoms with E-state index in [1.54, 1.807) is 38.4 Å². The zero-order valence-corrected chi connectivity index (χ0v) is 19.2. The maximum Gasteiger partial charge on any atom is 0.351 e. The van der Waals surface area contributed by atoms with Crippen molar-refractivity contribution in [3.63, 3.8) is 0 Å². The molecule has 33 heavy (non-hydrogen) atoms. The lowest BCUT2D eigenvalue weighted by Crippen LogP contribution is -2.59. The van der Waals surface area contributed by atoms with Crippen LogP contribution < -0.4 is 0 Å². The second-order valence-electron chi connectivity index (χ2n) is 7.27. The fourth-order valence-corrected chi connectivity index (χ4v) is 4.64. The van der Waals surface area contributed by atoms with Crippen molar-refractivity contribution in [1.82, 2.24) is 4.98 Å². The van der Waals surface area contributed by atoms with Gasteiger partial charge in [-0.2, -0.15) is 0 Å². The van der Waals surface area contributed by atoms with Crippen LogP contribution in [-0.2, 0) is 23.8 Å². The molecular formula is C25H24N2O5S. The molecule has 0 N–H and O–H groups in total. The molecule has 1 aliphatic heterocycles. The summed E-state index contributed by atoms with van der Waals surface area (Å²) in [5, 5.41) is 1.92. The van der Waals surface area contributed by atoms with Crippen LogP contribution >= 0.6 is 11.3 Å². The van der Waals surface area contributed by atoms with Gasteiger partial charge in [0.25, 0.3) is 5.60 Å². The second-order valence-corrected chi connectivity index (χ2v) is 8.22. The molecule has 0 radical (unpaired) electrons. The van der Waals surface area contributed by atoms with Gasteiger partial charge in [-0.25, -0.2) is 9.59 Å². The molecule has 170 valence electrons. The topological polar surface area (TPSA) is 87.1 Å². The summed E-state index contributed by atoms with van der Waals surface area (Å²) in [4.78, 5) is 37.1. The van der Waals surface area contributed by atoms with Gasteiger partial charge < -0.3 is 14.2 Å². The third kappa shape index (κ3) is 4.31. The van der Waals surface area contributed by atoms with E-state index in [1.165, 1.54) is 11.3 Å². The largest absolute Gasteiger partial charge is 0.463 e. The van der Waals surface area contributed by atoms with Crippen LogP contribution in [0.2, 0.25) is 0 Å². The van der Waals surface area contributed by atoms with Crippen molar-refractivity contribution in [1.29, 1.82) is 0 Å². The molecule has 8 heteroatoms. The van der Waals surface area contributed by atoms with Gasteiger partial charge in [-0.3, -0.25) is 9.98 Å². The predicted octanol–water partition coefficient (Wildman–Crippen LogP) is 4.31. The van der Waals surface area contributed by atoms with E-state index >= 15 is 0 Å². The lowest BCUT2D eigenvalue weighted by molar-refractivity contribution is -0.201. The van der Waals surface area contributed by atoms with Crippen LogP contribution in [-0.4, -0.2) is 41.4 Å². The Kier molecular flexibility index (Phi) is 6.96. The Balaban J connectivity index is 2.01. The van der Waals surface area contributed by atoms with Crippen LogP contribution in [0.25, 0.3) is 0 Å². The number of ether oxygens (including phenoxy) is 3. The van der Waals surface area contributed by atoms with Crippen molar-refractivity contribution in [3.8, 4) is 0 Å². The minimum atomic E-state index is -2.09. The number of esters is 2. The first-order chi connectivity index (χ1) is 16.1. The van der Waals surface area contributed by atoms with Gasteiger partial charge in [-0.1, -0.05) is 42.5 Å². The summed E-state index contributed by atoms with van der Waals surface area (Å²) in [6.07, 6.45) is 2.28. The number of carbonyl (C=O) groups is 2. The van der Waals surface area contributed by atoms with E-state index in [2.05, 4.69) is 4.98 Å². The van der Waals surface area contributed by atoms with Gasteiger partial charge in [0.2, 0.25) is 0 Å². The Hall–Kier alpha value is -3.36. The Morgan fingerprint density at radius 2 is 1.67 bits per heavy atom. The maximum atomic E-state index is 13.6. The average molecular weight is 465 g/mol. The third-order valence-electron chi connectivity index (χ3n) is 5.27. The highest BCUT2D eigenvalue weighted by Crippen LogP contribution is 2.46. The number of benzene rings is 1. The minimum Gasteiger partial charge on any atom is -0.463 e. The van der Waals surface area contributed by atoms with Crippen LogP contribution in [0.5, 0.6) is 0 Å². The number of aliphatic imine (C=N–C) groups is 1. The summed E-state index contributed by atoms with van der Waals surface area (Å²) in [7, 11) is 0. The van der Waals surface area contributed by atoms with Crippen LogP contribution in [0.3, 0.4) is 0 Å². The molecule has 2 atom stereocenters. The fraction of sp³-hybridized carbons (Fsp3) is 0.280. The van der Waals surface area contributed by atoms with Gasteiger partial charge in [0.1, 0.15) is 0 Å². The first-order valence-corrected chi connectivity index (χ1v) is 11.6. The Morgan fingerprint density at radius 3 is 2.24 bits per heavy atom. The quantitative estimate of drug-likeness (QED) is 0.383. The Morgan fingerprint density at radius 1 is 0.970 bits per heavy atom. The van der Waals surface area contributed by atoms with Crippen LogP contribution in [0.15, 0.2) is 77.4 Å². The monoisotopic (exact) mass is 464 g/mol. The normalized spacial score (nSPS) is 19.4. The molecule has 0 saturated heterocycles. The molecule has 0 fully saturated rings. The number of thiophene rings is 1. The maximum absolute atomic E-state index is 13.6. The number of rotatable bonds is 7. The molecular weight excluding hydrogens is 440 g/mol. The molecule has 0 aliphatic carbocycles. The molecule has 0 bridgehead atoms. The van der Waals surface area contributed by atoms with E-state index in [0.29, 0.717) is 16.8 Å². The third-order valence-corrected chi connectivity index (χ3v) is 6.16. The van der Waals surface area contributed by atoms with Crippen molar-refractivity contribution in [3.05, 3.63) is 88.4 Å². The number of carbonyl (C=O) groups excluding carboxylic acids is 2. The summed E-state index contributed by atoms with van der Waals surface area (Å²) >= 11 is 1.47. The van der Waals surface area contributed by atoms with Crippen molar-refractivity contribution in [2.45, 2.75) is 31.6 Å². The molecule has 0 spiro atoms. The van der Waals surface area contributed by atoms with E-state index in [4.69, 9.17) is 19.2 Å². The van der Waals surface area contributed by atoms with Crippen molar-refractivity contribution < 1.29 is 23.8 Å². The fourth-order valence-electron chi connectivity index (χ4n) is 3.89. The molecule has 3 heterocycles. The molecule has 3 aromatic rings. The van der Waals surface area contributed by atoms with Crippen LogP contribution in [0.4, 0.5) is 0 Å². The highest BCUT2D eigenvalue weighted by Gasteiger charge is 2.62. The van der Waals surface area contributed by atoms with Gasteiger partial charge in [0.05, 0.1) is 24.8 Å². The molecule has 4 rings (SSSR count). The van der Waals surface area contributed by atoms with Gasteiger partial charge in [0.15, 0.2) is 6.23 Å². The summed E-state index contributed by atoms with van der Waals surface area (Å²) < 4.78 is 17.2. The molecule has 1 aliphatic rings. The average Bonchev–Trinajstić information content (AvgIpc) is 3.39. The van der Waals surface area contributed by atoms with E-state index in [-0.39, 0.29) is 13.2 Å². The number of pyridine rings is 1. The highest BCUT2D eigenvalue weighted by atomic mass is 32.1. The molecule has 0 unspecified atom stereocenters. The van der Waals surface area contributed by atoms with Crippen LogP contribution in [0, 0.1) is 0 Å². The van der Waals surface area contributed by atoms with Crippen molar-refractivity contribution in [2.75, 3.05) is 13.2 Å². The Labute approximate surface area is 196 Å². The van der Waals surface area contributed by atoms with E-state index in [0.717, 1.165) is 4.88 Å². The van der Waals surface area contributed by atoms with Gasteiger partial charge >= 0.3 is 11.9 Å². The second kappa shape index (κ2) is 10.1. The van der Waals surface area contributed by atoms with Gasteiger partial charge in [-0.15, -0.1) is 11.3 Å². The molecule has 2 aromatic heterocycles. The molecule has 0 amide bonds. The summed E-state index contributed by atoms with van der Waals surface area (Å²) in [5.74, 6) is -2.49. The molecule has 7 nitrogen and oxygen atoms in total. The highest BCUT2D eigenvalue weighted by molar-refractivity contribution is 7.12. The predicted molar refractivity (Wildman–Crippen MR) is 124 cm³/mol. The standard InChI is InChI=1S/C25H24N2O5S/c1-3-30-23(28)25(24(29)31-4-2)20(17-10-6-5-7-11-17)21(19-13-9-15-33-19)27-22(32-25)18-12-8-14-26-16-18/h5-16,20,22H,3-4H2,1-2H3/t20-,22+/m1/s1. The van der Waals surface area contributed by atoms with E-state index in [1.807, 2.05) is 47.8 Å². The summed E-state index contributed by atoms with van der Waals surface area (Å²) in [6.45, 7) is 3.52. The van der Waals surface area contributed by atoms with Gasteiger partial charge in [-0.05, 0) is 36.9 Å². The number of aromatic nitrogens is 1. The van der Waals surface area contributed by atoms with E-state index < -0.39 is 29.7 Å². The first-order valence-electron chi connectivity index (χ1n) is 10.7. The van der Waals surface area contributed by atoms with E-state index in [9.17, 15) is 9.59 Å². The van der Waals surface area contributed by atoms with Gasteiger partial charge in [0, 0.05) is 22.8 Å². The number of hydrogen-bond donors (Lipinski definition) is 0. The molecule has 0 saturated carbocycles. The SMILES string of the molecule is CCOC(=O)C1(C(=O)OCC)O[C@@H](c2cccnc2)N=C(c2cccs2)[C@H]1c1ccccc1. The number of nitrogens with zero attached hydrogens (tertiary/aromatic N) is 2. The van der Waals surface area contributed by atoms with Crippen molar-refractivity contribution in [2.24, 2.45) is 4.99 Å². The smallest absolute Gasteiger partial charge is 0.351 e. The lowest BCUT2D eigenvalue weighted by Gasteiger charge is -2.42. The zero-order valence-electron chi connectivity index (χ0n) is 18.3. The lowest BCUT2D eigenvalue weighted by atomic mass is 9.76. The minimum absolute atomic E-state index is 0.0773.